The van der Waals surface area contributed by atoms with Crippen LogP contribution in [0, 0.1) is 11.8 Å². The standard InChI is InChI=1S/C12H13N3O2S/c1-7-4-9(7)12(16)13-5-10-14-11(15-17-10)8-2-3-18-6-8/h2-3,6-7,9H,4-5H2,1H3,(H,13,16)/t7-,9-/m1/s1. The van der Waals surface area contributed by atoms with E-state index < -0.39 is 0 Å². The highest BCUT2D eigenvalue weighted by Gasteiger charge is 2.38. The number of thiophene rings is 1. The molecule has 2 aromatic heterocycles. The summed E-state index contributed by atoms with van der Waals surface area (Å²) in [6.07, 6.45) is 0.982. The van der Waals surface area contributed by atoms with Crippen molar-refractivity contribution < 1.29 is 9.32 Å². The average molecular weight is 263 g/mol. The first-order chi connectivity index (χ1) is 8.74. The first-order valence-electron chi connectivity index (χ1n) is 5.87. The van der Waals surface area contributed by atoms with Crippen molar-refractivity contribution in [2.45, 2.75) is 19.9 Å². The van der Waals surface area contributed by atoms with Crippen LogP contribution in [0.25, 0.3) is 11.4 Å². The fraction of sp³-hybridized carbons (Fsp3) is 0.417. The van der Waals surface area contributed by atoms with Crippen molar-refractivity contribution >= 4 is 17.2 Å². The molecule has 2 atom stereocenters. The van der Waals surface area contributed by atoms with E-state index in [0.717, 1.165) is 12.0 Å². The molecule has 1 saturated carbocycles. The lowest BCUT2D eigenvalue weighted by molar-refractivity contribution is -0.122. The topological polar surface area (TPSA) is 68.0 Å². The van der Waals surface area contributed by atoms with Crippen LogP contribution in [0.2, 0.25) is 0 Å². The molecule has 1 aliphatic carbocycles. The minimum atomic E-state index is 0.0813. The first-order valence-corrected chi connectivity index (χ1v) is 6.81. The van der Waals surface area contributed by atoms with Crippen LogP contribution < -0.4 is 5.32 Å². The Morgan fingerprint density at radius 3 is 3.17 bits per heavy atom. The summed E-state index contributed by atoms with van der Waals surface area (Å²) < 4.78 is 5.09. The maximum atomic E-state index is 11.6. The summed E-state index contributed by atoms with van der Waals surface area (Å²) in [5, 5.41) is 10.6. The Kier molecular flexibility index (Phi) is 2.87. The van der Waals surface area contributed by atoms with Crippen molar-refractivity contribution in [3.05, 3.63) is 22.7 Å². The van der Waals surface area contributed by atoms with Gasteiger partial charge in [0.05, 0.1) is 6.54 Å². The first kappa shape index (κ1) is 11.4. The van der Waals surface area contributed by atoms with E-state index in [9.17, 15) is 4.79 Å². The average Bonchev–Trinajstić information content (AvgIpc) is 2.85. The van der Waals surface area contributed by atoms with Crippen LogP contribution in [0.4, 0.5) is 0 Å². The van der Waals surface area contributed by atoms with Crippen LogP contribution in [0.15, 0.2) is 21.3 Å². The summed E-state index contributed by atoms with van der Waals surface area (Å²) in [5.41, 5.74) is 0.942. The van der Waals surface area contributed by atoms with Gasteiger partial charge < -0.3 is 9.84 Å². The number of nitrogens with zero attached hydrogens (tertiary/aromatic N) is 2. The van der Waals surface area contributed by atoms with Gasteiger partial charge in [0.15, 0.2) is 0 Å². The summed E-state index contributed by atoms with van der Waals surface area (Å²) in [5.74, 6) is 1.77. The number of rotatable bonds is 4. The molecule has 0 radical (unpaired) electrons. The van der Waals surface area contributed by atoms with Crippen LogP contribution in [-0.4, -0.2) is 16.0 Å². The van der Waals surface area contributed by atoms with Crippen molar-refractivity contribution in [3.8, 4) is 11.4 Å². The van der Waals surface area contributed by atoms with Gasteiger partial charge in [-0.1, -0.05) is 12.1 Å². The van der Waals surface area contributed by atoms with Gasteiger partial charge in [-0.05, 0) is 23.8 Å². The van der Waals surface area contributed by atoms with Gasteiger partial charge in [0, 0.05) is 16.9 Å². The second-order valence-corrected chi connectivity index (χ2v) is 5.34. The van der Waals surface area contributed by atoms with Crippen LogP contribution >= 0.6 is 11.3 Å². The second-order valence-electron chi connectivity index (χ2n) is 4.56. The van der Waals surface area contributed by atoms with Crippen LogP contribution in [-0.2, 0) is 11.3 Å². The van der Waals surface area contributed by atoms with Crippen molar-refractivity contribution in [2.75, 3.05) is 0 Å². The molecule has 1 fully saturated rings. The van der Waals surface area contributed by atoms with E-state index in [1.807, 2.05) is 16.8 Å². The number of aromatic nitrogens is 2. The summed E-state index contributed by atoms with van der Waals surface area (Å²) in [7, 11) is 0. The van der Waals surface area contributed by atoms with Gasteiger partial charge in [-0.2, -0.15) is 16.3 Å². The number of carbonyl (C=O) groups is 1. The van der Waals surface area contributed by atoms with Crippen molar-refractivity contribution in [1.82, 2.24) is 15.5 Å². The molecule has 5 nitrogen and oxygen atoms in total. The second kappa shape index (κ2) is 4.53. The van der Waals surface area contributed by atoms with Gasteiger partial charge >= 0.3 is 0 Å². The molecule has 18 heavy (non-hydrogen) atoms. The fourth-order valence-electron chi connectivity index (χ4n) is 1.82. The third-order valence-corrected chi connectivity index (χ3v) is 3.79. The molecule has 1 amide bonds. The Hall–Kier alpha value is -1.69. The molecule has 0 spiro atoms. The molecule has 3 rings (SSSR count). The van der Waals surface area contributed by atoms with Crippen molar-refractivity contribution in [3.63, 3.8) is 0 Å². The van der Waals surface area contributed by atoms with Gasteiger partial charge in [0.2, 0.25) is 17.6 Å². The molecule has 2 aromatic rings. The maximum absolute atomic E-state index is 11.6. The third-order valence-electron chi connectivity index (χ3n) is 3.11. The van der Waals surface area contributed by atoms with Crippen molar-refractivity contribution in [2.24, 2.45) is 11.8 Å². The summed E-state index contributed by atoms with van der Waals surface area (Å²) in [6, 6.07) is 1.93. The molecule has 94 valence electrons. The van der Waals surface area contributed by atoms with Gasteiger partial charge in [-0.25, -0.2) is 0 Å². The van der Waals surface area contributed by atoms with Crippen LogP contribution in [0.1, 0.15) is 19.2 Å². The lowest BCUT2D eigenvalue weighted by Crippen LogP contribution is -2.24. The molecule has 0 unspecified atom stereocenters. The Morgan fingerprint density at radius 1 is 1.67 bits per heavy atom. The quantitative estimate of drug-likeness (QED) is 0.917. The van der Waals surface area contributed by atoms with Crippen LogP contribution in [0.3, 0.4) is 0 Å². The molecule has 0 saturated heterocycles. The summed E-state index contributed by atoms with van der Waals surface area (Å²) in [4.78, 5) is 15.9. The highest BCUT2D eigenvalue weighted by atomic mass is 32.1. The molecular weight excluding hydrogens is 250 g/mol. The third kappa shape index (κ3) is 2.28. The van der Waals surface area contributed by atoms with Gasteiger partial charge in [-0.15, -0.1) is 0 Å². The largest absolute Gasteiger partial charge is 0.347 e. The summed E-state index contributed by atoms with van der Waals surface area (Å²) >= 11 is 1.58. The molecule has 6 heteroatoms. The number of amides is 1. The monoisotopic (exact) mass is 263 g/mol. The molecule has 0 aliphatic heterocycles. The predicted molar refractivity (Wildman–Crippen MR) is 66.7 cm³/mol. The molecule has 1 aliphatic rings. The minimum absolute atomic E-state index is 0.0813. The molecule has 0 bridgehead atoms. The molecule has 1 N–H and O–H groups in total. The lowest BCUT2D eigenvalue weighted by atomic mass is 10.3. The van der Waals surface area contributed by atoms with Crippen molar-refractivity contribution in [1.29, 1.82) is 0 Å². The minimum Gasteiger partial charge on any atom is -0.347 e. The smallest absolute Gasteiger partial charge is 0.246 e. The Balaban J connectivity index is 1.59. The number of nitrogens with one attached hydrogen (secondary N) is 1. The Labute approximate surface area is 108 Å². The highest BCUT2D eigenvalue weighted by molar-refractivity contribution is 7.08. The number of hydrogen-bond acceptors (Lipinski definition) is 5. The SMILES string of the molecule is C[C@@H]1C[C@H]1C(=O)NCc1nc(-c2ccsc2)no1. The fourth-order valence-corrected chi connectivity index (χ4v) is 2.45. The van der Waals surface area contributed by atoms with E-state index in [4.69, 9.17) is 4.52 Å². The van der Waals surface area contributed by atoms with E-state index in [0.29, 0.717) is 24.2 Å². The zero-order chi connectivity index (χ0) is 12.5. The highest BCUT2D eigenvalue weighted by Crippen LogP contribution is 2.37. The van der Waals surface area contributed by atoms with E-state index in [1.165, 1.54) is 0 Å². The summed E-state index contributed by atoms with van der Waals surface area (Å²) in [6.45, 7) is 2.38. The van der Waals surface area contributed by atoms with E-state index >= 15 is 0 Å². The van der Waals surface area contributed by atoms with Crippen LogP contribution in [0.5, 0.6) is 0 Å². The van der Waals surface area contributed by atoms with E-state index in [-0.39, 0.29) is 11.8 Å². The normalized spacial score (nSPS) is 21.8. The maximum Gasteiger partial charge on any atom is 0.246 e. The number of hydrogen-bond donors (Lipinski definition) is 1. The molecule has 0 aromatic carbocycles. The number of carbonyl (C=O) groups excluding carboxylic acids is 1. The van der Waals surface area contributed by atoms with Gasteiger partial charge in [0.25, 0.3) is 0 Å². The Morgan fingerprint density at radius 2 is 2.50 bits per heavy atom. The van der Waals surface area contributed by atoms with Gasteiger partial charge in [0.1, 0.15) is 0 Å². The molecule has 2 heterocycles. The van der Waals surface area contributed by atoms with Gasteiger partial charge in [-0.3, -0.25) is 4.79 Å². The zero-order valence-corrected chi connectivity index (χ0v) is 10.7. The predicted octanol–water partition coefficient (Wildman–Crippen LogP) is 2.07. The lowest BCUT2D eigenvalue weighted by Gasteiger charge is -1.99. The van der Waals surface area contributed by atoms with E-state index in [2.05, 4.69) is 22.4 Å². The zero-order valence-electron chi connectivity index (χ0n) is 9.92. The van der Waals surface area contributed by atoms with E-state index in [1.54, 1.807) is 11.3 Å². The molecular formula is C12H13N3O2S. The Bertz CT molecular complexity index is 549.